The molecule has 0 bridgehead atoms. The molecule has 1 aliphatic heterocycles. The Morgan fingerprint density at radius 3 is 2.79 bits per heavy atom. The van der Waals surface area contributed by atoms with Gasteiger partial charge in [-0.3, -0.25) is 4.21 Å². The van der Waals surface area contributed by atoms with Crippen molar-refractivity contribution in [1.82, 2.24) is 25.1 Å². The number of aliphatic hydroxyl groups excluding tert-OH is 1. The number of rotatable bonds is 6. The average Bonchev–Trinajstić information content (AvgIpc) is 3.34. The highest BCUT2D eigenvalue weighted by atomic mass is 32.2. The van der Waals surface area contributed by atoms with Crippen molar-refractivity contribution >= 4 is 33.2 Å². The van der Waals surface area contributed by atoms with Crippen molar-refractivity contribution in [2.75, 3.05) is 18.4 Å². The Labute approximate surface area is 192 Å². The molecule has 1 aromatic carbocycles. The molecule has 3 N–H and O–H groups in total. The second-order valence-electron chi connectivity index (χ2n) is 7.86. The van der Waals surface area contributed by atoms with Crippen LogP contribution in [0.15, 0.2) is 59.9 Å². The molecule has 5 rings (SSSR count). The first-order chi connectivity index (χ1) is 16.1. The van der Waals surface area contributed by atoms with Crippen LogP contribution in [0.1, 0.15) is 18.5 Å². The largest absolute Gasteiger partial charge is 0.390 e. The Morgan fingerprint density at radius 1 is 1.18 bits per heavy atom. The zero-order valence-corrected chi connectivity index (χ0v) is 18.6. The molecular weight excluding hydrogens is 443 g/mol. The molecule has 1 saturated heterocycles. The van der Waals surface area contributed by atoms with Crippen LogP contribution in [0.3, 0.4) is 0 Å². The fourth-order valence-electron chi connectivity index (χ4n) is 3.83. The summed E-state index contributed by atoms with van der Waals surface area (Å²) in [6.45, 7) is 1.56. The van der Waals surface area contributed by atoms with Crippen molar-refractivity contribution in [1.29, 1.82) is 0 Å². The van der Waals surface area contributed by atoms with Crippen molar-refractivity contribution in [3.63, 3.8) is 0 Å². The third-order valence-electron chi connectivity index (χ3n) is 5.63. The van der Waals surface area contributed by atoms with Gasteiger partial charge in [-0.15, -0.1) is 0 Å². The molecule has 0 spiro atoms. The highest BCUT2D eigenvalue weighted by Gasteiger charge is 2.22. The second kappa shape index (κ2) is 9.34. The topological polar surface area (TPSA) is 105 Å². The van der Waals surface area contributed by atoms with Crippen LogP contribution in [0.5, 0.6) is 0 Å². The number of nitrogens with one attached hydrogen (secondary N) is 2. The summed E-state index contributed by atoms with van der Waals surface area (Å²) in [6, 6.07) is 11.7. The molecule has 10 heteroatoms. The minimum Gasteiger partial charge on any atom is -0.390 e. The summed E-state index contributed by atoms with van der Waals surface area (Å²) in [6.07, 6.45) is 5.05. The third-order valence-corrected chi connectivity index (χ3v) is 7.35. The lowest BCUT2D eigenvalue weighted by Crippen LogP contribution is -2.33. The highest BCUT2D eigenvalue weighted by molar-refractivity contribution is 7.85. The van der Waals surface area contributed by atoms with E-state index in [9.17, 15) is 8.60 Å². The van der Waals surface area contributed by atoms with E-state index < -0.39 is 16.6 Å². The summed E-state index contributed by atoms with van der Waals surface area (Å²) in [7, 11) is -1.17. The van der Waals surface area contributed by atoms with Crippen molar-refractivity contribution in [3.05, 3.63) is 66.4 Å². The quantitative estimate of drug-likeness (QED) is 0.401. The zero-order chi connectivity index (χ0) is 22.8. The first-order valence-electron chi connectivity index (χ1n) is 10.7. The Kier molecular flexibility index (Phi) is 6.12. The molecule has 170 valence electrons. The zero-order valence-electron chi connectivity index (χ0n) is 17.7. The average molecular weight is 467 g/mol. The van der Waals surface area contributed by atoms with Gasteiger partial charge in [0.1, 0.15) is 16.7 Å². The summed E-state index contributed by atoms with van der Waals surface area (Å²) < 4.78 is 29.2. The number of aliphatic hydroxyl groups is 1. The van der Waals surface area contributed by atoms with Gasteiger partial charge in [-0.1, -0.05) is 0 Å². The first-order valence-corrected chi connectivity index (χ1v) is 11.9. The lowest BCUT2D eigenvalue weighted by Gasteiger charge is -2.21. The fraction of sp³-hybridized carbons (Fsp3) is 0.261. The number of halogens is 1. The van der Waals surface area contributed by atoms with E-state index in [0.29, 0.717) is 27.7 Å². The molecule has 4 aromatic rings. The number of piperidine rings is 1. The maximum atomic E-state index is 14.8. The smallest absolute Gasteiger partial charge is 0.148 e. The summed E-state index contributed by atoms with van der Waals surface area (Å²) in [4.78, 5) is 8.97. The van der Waals surface area contributed by atoms with Crippen LogP contribution in [-0.4, -0.2) is 47.4 Å². The van der Waals surface area contributed by atoms with E-state index >= 15 is 0 Å². The predicted octanol–water partition coefficient (Wildman–Crippen LogP) is 3.05. The molecule has 1 fully saturated rings. The molecular formula is C23H23FN6O2S. The number of nitrogens with zero attached hydrogens (tertiary/aromatic N) is 4. The van der Waals surface area contributed by atoms with Crippen LogP contribution in [0.2, 0.25) is 0 Å². The number of pyridine rings is 2. The van der Waals surface area contributed by atoms with Crippen LogP contribution in [-0.2, 0) is 17.4 Å². The van der Waals surface area contributed by atoms with Crippen LogP contribution in [0.25, 0.3) is 16.6 Å². The number of aromatic nitrogens is 4. The maximum absolute atomic E-state index is 14.8. The van der Waals surface area contributed by atoms with Gasteiger partial charge in [-0.2, -0.15) is 5.10 Å². The molecule has 1 unspecified atom stereocenters. The van der Waals surface area contributed by atoms with Gasteiger partial charge in [-0.05, 0) is 56.3 Å². The minimum absolute atomic E-state index is 0.103. The van der Waals surface area contributed by atoms with Gasteiger partial charge in [0.2, 0.25) is 0 Å². The molecule has 33 heavy (non-hydrogen) atoms. The standard InChI is InChI=1S/C23H23FN6O2S/c24-19-11-17(30-10-7-16(14-31)29-30)2-3-20(19)27-22-12-21-15(13-26-22)1-4-23(28-21)33(32)18-5-8-25-9-6-18/h1-4,7,10-13,18,25,31H,5-6,8-9,14H2,(H,26,27). The van der Waals surface area contributed by atoms with E-state index in [1.807, 2.05) is 6.07 Å². The second-order valence-corrected chi connectivity index (χ2v) is 9.54. The molecule has 4 heterocycles. The molecule has 0 aliphatic carbocycles. The van der Waals surface area contributed by atoms with Gasteiger partial charge in [-0.25, -0.2) is 19.0 Å². The van der Waals surface area contributed by atoms with Gasteiger partial charge in [0.15, 0.2) is 0 Å². The first kappa shape index (κ1) is 21.6. The van der Waals surface area contributed by atoms with Gasteiger partial charge in [0.05, 0.1) is 40.0 Å². The number of anilines is 2. The van der Waals surface area contributed by atoms with E-state index in [2.05, 4.69) is 25.7 Å². The van der Waals surface area contributed by atoms with Crippen molar-refractivity contribution in [2.45, 2.75) is 29.7 Å². The maximum Gasteiger partial charge on any atom is 0.148 e. The van der Waals surface area contributed by atoms with E-state index in [4.69, 9.17) is 5.11 Å². The number of benzene rings is 1. The van der Waals surface area contributed by atoms with Crippen molar-refractivity contribution < 1.29 is 13.7 Å². The number of fused-ring (bicyclic) bond motifs is 1. The molecule has 8 nitrogen and oxygen atoms in total. The van der Waals surface area contributed by atoms with Crippen LogP contribution >= 0.6 is 0 Å². The molecule has 0 amide bonds. The highest BCUT2D eigenvalue weighted by Crippen LogP contribution is 2.25. The number of hydrogen-bond donors (Lipinski definition) is 3. The molecule has 3 aromatic heterocycles. The molecule has 1 aliphatic rings. The van der Waals surface area contributed by atoms with E-state index in [1.165, 1.54) is 10.7 Å². The van der Waals surface area contributed by atoms with Gasteiger partial charge in [0.25, 0.3) is 0 Å². The normalized spacial score (nSPS) is 15.6. The van der Waals surface area contributed by atoms with Crippen LogP contribution in [0, 0.1) is 5.82 Å². The SMILES string of the molecule is O=S(c1ccc2cnc(Nc3ccc(-n4ccc(CO)n4)cc3F)cc2n1)C1CCNCC1. The molecule has 0 saturated carbocycles. The third kappa shape index (κ3) is 4.63. The summed E-state index contributed by atoms with van der Waals surface area (Å²) in [5.41, 5.74) is 1.95. The van der Waals surface area contributed by atoms with E-state index in [0.717, 1.165) is 31.3 Å². The fourth-order valence-corrected chi connectivity index (χ4v) is 5.23. The van der Waals surface area contributed by atoms with Gasteiger partial charge < -0.3 is 15.7 Å². The number of hydrogen-bond acceptors (Lipinski definition) is 7. The minimum atomic E-state index is -1.17. The van der Waals surface area contributed by atoms with Crippen molar-refractivity contribution in [2.24, 2.45) is 0 Å². The predicted molar refractivity (Wildman–Crippen MR) is 125 cm³/mol. The Hall–Kier alpha value is -3.21. The lowest BCUT2D eigenvalue weighted by molar-refractivity contribution is 0.276. The van der Waals surface area contributed by atoms with Crippen LogP contribution < -0.4 is 10.6 Å². The molecule has 1 atom stereocenters. The Bertz CT molecular complexity index is 1320. The molecule has 0 radical (unpaired) electrons. The van der Waals surface area contributed by atoms with Gasteiger partial charge >= 0.3 is 0 Å². The monoisotopic (exact) mass is 466 g/mol. The summed E-state index contributed by atoms with van der Waals surface area (Å²) in [5, 5.41) is 21.1. The van der Waals surface area contributed by atoms with Gasteiger partial charge in [0, 0.05) is 35.2 Å². The Balaban J connectivity index is 1.37. The van der Waals surface area contributed by atoms with E-state index in [1.54, 1.807) is 42.7 Å². The summed E-state index contributed by atoms with van der Waals surface area (Å²) in [5.74, 6) is -0.0303. The van der Waals surface area contributed by atoms with Crippen LogP contribution in [0.4, 0.5) is 15.9 Å². The summed E-state index contributed by atoms with van der Waals surface area (Å²) >= 11 is 0. The van der Waals surface area contributed by atoms with Crippen molar-refractivity contribution in [3.8, 4) is 5.69 Å². The lowest BCUT2D eigenvalue weighted by atomic mass is 10.2. The van der Waals surface area contributed by atoms with E-state index in [-0.39, 0.29) is 17.5 Å². The Morgan fingerprint density at radius 2 is 2.03 bits per heavy atom.